The van der Waals surface area contributed by atoms with E-state index >= 15 is 0 Å². The Hall–Kier alpha value is -0.870. The van der Waals surface area contributed by atoms with E-state index < -0.39 is 0 Å². The third kappa shape index (κ3) is 2.61. The monoisotopic (exact) mass is 143 g/mol. The van der Waals surface area contributed by atoms with Gasteiger partial charge in [-0.15, -0.1) is 0 Å². The van der Waals surface area contributed by atoms with Crippen molar-refractivity contribution < 1.29 is 5.48 Å². The Morgan fingerprint density at radius 2 is 2.30 bits per heavy atom. The molecule has 4 N–H and O–H groups in total. The molecule has 0 aliphatic heterocycles. The van der Waals surface area contributed by atoms with Gasteiger partial charge in [0.05, 0.1) is 6.33 Å². The first-order valence-corrected chi connectivity index (χ1v) is 3.09. The molecular weight excluding hydrogens is 130 g/mol. The molecule has 0 radical (unpaired) electrons. The average molecular weight is 143 g/mol. The van der Waals surface area contributed by atoms with Gasteiger partial charge in [0.1, 0.15) is 0 Å². The van der Waals surface area contributed by atoms with Crippen LogP contribution in [0.4, 0.5) is 0 Å². The van der Waals surface area contributed by atoms with Crippen LogP contribution in [0.1, 0.15) is 6.42 Å². The maximum atomic E-state index is 5.31. The number of nitrogens with two attached hydrogens (primary N) is 1. The zero-order valence-electron chi connectivity index (χ0n) is 5.83. The minimum absolute atomic E-state index is 0. The van der Waals surface area contributed by atoms with Crippen LogP contribution in [-0.2, 0) is 6.54 Å². The molecule has 4 nitrogen and oxygen atoms in total. The molecule has 0 fully saturated rings. The van der Waals surface area contributed by atoms with E-state index in [1.54, 1.807) is 12.5 Å². The number of rotatable bonds is 3. The molecule has 0 spiro atoms. The van der Waals surface area contributed by atoms with Gasteiger partial charge in [-0.25, -0.2) is 4.98 Å². The van der Waals surface area contributed by atoms with Crippen molar-refractivity contribution in [1.82, 2.24) is 9.55 Å². The van der Waals surface area contributed by atoms with Crippen molar-refractivity contribution in [3.8, 4) is 0 Å². The van der Waals surface area contributed by atoms with Crippen LogP contribution in [0.3, 0.4) is 0 Å². The van der Waals surface area contributed by atoms with Gasteiger partial charge in [0.2, 0.25) is 0 Å². The smallest absolute Gasteiger partial charge is 0.0945 e. The lowest BCUT2D eigenvalue weighted by atomic mass is 10.4. The molecule has 0 aliphatic carbocycles. The van der Waals surface area contributed by atoms with Crippen LogP contribution in [0.25, 0.3) is 0 Å². The van der Waals surface area contributed by atoms with E-state index in [2.05, 4.69) is 4.98 Å². The standard InChI is InChI=1S/C6H11N3.H2O/c7-2-1-4-9-5-3-8-6-9;/h3,5-6H,1-2,4,7H2;1H2. The third-order valence-corrected chi connectivity index (χ3v) is 1.18. The molecule has 1 heterocycles. The third-order valence-electron chi connectivity index (χ3n) is 1.18. The summed E-state index contributed by atoms with van der Waals surface area (Å²) in [6.07, 6.45) is 6.54. The van der Waals surface area contributed by atoms with Crippen molar-refractivity contribution in [2.45, 2.75) is 13.0 Å². The highest BCUT2D eigenvalue weighted by molar-refractivity contribution is 4.73. The van der Waals surface area contributed by atoms with Gasteiger partial charge in [-0.2, -0.15) is 0 Å². The van der Waals surface area contributed by atoms with Crippen LogP contribution in [0.2, 0.25) is 0 Å². The highest BCUT2D eigenvalue weighted by Crippen LogP contribution is 1.87. The van der Waals surface area contributed by atoms with Gasteiger partial charge >= 0.3 is 0 Å². The van der Waals surface area contributed by atoms with Crippen LogP contribution in [0, 0.1) is 0 Å². The summed E-state index contributed by atoms with van der Waals surface area (Å²) in [5, 5.41) is 0. The number of hydrogen-bond acceptors (Lipinski definition) is 2. The highest BCUT2D eigenvalue weighted by Gasteiger charge is 1.85. The lowest BCUT2D eigenvalue weighted by Gasteiger charge is -1.96. The molecule has 0 amide bonds. The topological polar surface area (TPSA) is 75.3 Å². The predicted octanol–water partition coefficient (Wildman–Crippen LogP) is -0.593. The van der Waals surface area contributed by atoms with Crippen LogP contribution in [0.15, 0.2) is 18.7 Å². The molecule has 1 aromatic rings. The summed E-state index contributed by atoms with van der Waals surface area (Å²) in [7, 11) is 0. The Morgan fingerprint density at radius 1 is 1.50 bits per heavy atom. The van der Waals surface area contributed by atoms with Crippen molar-refractivity contribution >= 4 is 0 Å². The minimum atomic E-state index is 0. The number of imidazole rings is 1. The summed E-state index contributed by atoms with van der Waals surface area (Å²) in [6, 6.07) is 0. The molecule has 10 heavy (non-hydrogen) atoms. The van der Waals surface area contributed by atoms with E-state index in [0.29, 0.717) is 0 Å². The molecule has 0 saturated heterocycles. The maximum absolute atomic E-state index is 5.31. The first kappa shape index (κ1) is 9.13. The van der Waals surface area contributed by atoms with Gasteiger partial charge in [-0.1, -0.05) is 0 Å². The lowest BCUT2D eigenvalue weighted by molar-refractivity contribution is 0.650. The predicted molar refractivity (Wildman–Crippen MR) is 39.5 cm³/mol. The number of aryl methyl sites for hydroxylation is 1. The van der Waals surface area contributed by atoms with E-state index in [1.807, 2.05) is 10.8 Å². The molecule has 1 aromatic heterocycles. The normalized spacial score (nSPS) is 8.90. The molecule has 1 rings (SSSR count). The fourth-order valence-corrected chi connectivity index (χ4v) is 0.693. The molecular formula is C6H13N3O. The van der Waals surface area contributed by atoms with Gasteiger partial charge in [-0.05, 0) is 13.0 Å². The molecule has 0 bridgehead atoms. The first-order valence-electron chi connectivity index (χ1n) is 3.09. The summed E-state index contributed by atoms with van der Waals surface area (Å²) >= 11 is 0. The van der Waals surface area contributed by atoms with Crippen molar-refractivity contribution in [3.63, 3.8) is 0 Å². The van der Waals surface area contributed by atoms with Crippen molar-refractivity contribution in [3.05, 3.63) is 18.7 Å². The molecule has 0 atom stereocenters. The number of aromatic nitrogens is 2. The first-order chi connectivity index (χ1) is 4.43. The summed E-state index contributed by atoms with van der Waals surface area (Å²) in [5.74, 6) is 0. The Labute approximate surface area is 60.0 Å². The molecule has 58 valence electrons. The van der Waals surface area contributed by atoms with E-state index in [9.17, 15) is 0 Å². The van der Waals surface area contributed by atoms with Crippen molar-refractivity contribution in [2.24, 2.45) is 5.73 Å². The van der Waals surface area contributed by atoms with E-state index in [1.165, 1.54) is 0 Å². The Balaban J connectivity index is 0.000000810. The maximum Gasteiger partial charge on any atom is 0.0945 e. The lowest BCUT2D eigenvalue weighted by Crippen LogP contribution is -2.03. The zero-order valence-corrected chi connectivity index (χ0v) is 5.83. The quantitative estimate of drug-likeness (QED) is 0.613. The number of hydrogen-bond donors (Lipinski definition) is 1. The minimum Gasteiger partial charge on any atom is -0.412 e. The zero-order chi connectivity index (χ0) is 6.53. The van der Waals surface area contributed by atoms with Gasteiger partial charge in [0, 0.05) is 18.9 Å². The second-order valence-corrected chi connectivity index (χ2v) is 1.94. The molecule has 0 saturated carbocycles. The van der Waals surface area contributed by atoms with Crippen molar-refractivity contribution in [1.29, 1.82) is 0 Å². The van der Waals surface area contributed by atoms with Crippen LogP contribution in [0.5, 0.6) is 0 Å². The summed E-state index contributed by atoms with van der Waals surface area (Å²) in [5.41, 5.74) is 5.31. The average Bonchev–Trinajstić information content (AvgIpc) is 2.34. The van der Waals surface area contributed by atoms with Crippen molar-refractivity contribution in [2.75, 3.05) is 6.54 Å². The van der Waals surface area contributed by atoms with Crippen LogP contribution in [-0.4, -0.2) is 21.6 Å². The summed E-state index contributed by atoms with van der Waals surface area (Å²) in [6.45, 7) is 1.73. The van der Waals surface area contributed by atoms with Gasteiger partial charge in [0.15, 0.2) is 0 Å². The Kier molecular flexibility index (Phi) is 4.53. The van der Waals surface area contributed by atoms with Gasteiger partial charge < -0.3 is 15.8 Å². The second kappa shape index (κ2) is 4.96. The molecule has 0 aromatic carbocycles. The van der Waals surface area contributed by atoms with E-state index in [4.69, 9.17) is 5.73 Å². The Bertz CT molecular complexity index is 150. The molecule has 0 aliphatic rings. The SMILES string of the molecule is NCCCn1ccnc1.O. The fourth-order valence-electron chi connectivity index (χ4n) is 0.693. The fraction of sp³-hybridized carbons (Fsp3) is 0.500. The van der Waals surface area contributed by atoms with E-state index in [0.717, 1.165) is 19.5 Å². The van der Waals surface area contributed by atoms with Gasteiger partial charge in [0.25, 0.3) is 0 Å². The van der Waals surface area contributed by atoms with Crippen LogP contribution < -0.4 is 5.73 Å². The second-order valence-electron chi connectivity index (χ2n) is 1.94. The Morgan fingerprint density at radius 3 is 2.80 bits per heavy atom. The summed E-state index contributed by atoms with van der Waals surface area (Å²) < 4.78 is 2.02. The van der Waals surface area contributed by atoms with Gasteiger partial charge in [-0.3, -0.25) is 0 Å². The molecule has 4 heteroatoms. The van der Waals surface area contributed by atoms with Crippen LogP contribution >= 0.6 is 0 Å². The highest BCUT2D eigenvalue weighted by atomic mass is 16.0. The largest absolute Gasteiger partial charge is 0.412 e. The number of nitrogens with zero attached hydrogens (tertiary/aromatic N) is 2. The summed E-state index contributed by atoms with van der Waals surface area (Å²) in [4.78, 5) is 3.90. The van der Waals surface area contributed by atoms with E-state index in [-0.39, 0.29) is 5.48 Å². The molecule has 0 unspecified atom stereocenters.